The number of nitrogens with one attached hydrogen (secondary N) is 2. The maximum Gasteiger partial charge on any atom is 0.266 e. The van der Waals surface area contributed by atoms with Crippen LogP contribution < -0.4 is 15.4 Å². The summed E-state index contributed by atoms with van der Waals surface area (Å²) < 4.78 is 6.17. The van der Waals surface area contributed by atoms with Crippen molar-refractivity contribution in [1.82, 2.24) is 10.6 Å². The number of carbonyl (C=O) groups excluding carboxylic acids is 1. The molecule has 2 aromatic carbocycles. The van der Waals surface area contributed by atoms with Gasteiger partial charge >= 0.3 is 0 Å². The predicted molar refractivity (Wildman–Crippen MR) is 112 cm³/mol. The van der Waals surface area contributed by atoms with Crippen molar-refractivity contribution >= 4 is 18.3 Å². The van der Waals surface area contributed by atoms with Gasteiger partial charge in [-0.15, -0.1) is 12.4 Å². The Kier molecular flexibility index (Phi) is 8.14. The Hall–Kier alpha value is -2.04. The third-order valence-electron chi connectivity index (χ3n) is 4.80. The van der Waals surface area contributed by atoms with Crippen LogP contribution in [0.3, 0.4) is 0 Å². The van der Waals surface area contributed by atoms with Gasteiger partial charge in [0.1, 0.15) is 5.75 Å². The molecule has 0 aromatic heterocycles. The lowest BCUT2D eigenvalue weighted by atomic mass is 10.0. The first-order chi connectivity index (χ1) is 12.6. The van der Waals surface area contributed by atoms with Crippen LogP contribution in [-0.4, -0.2) is 25.0 Å². The van der Waals surface area contributed by atoms with Crippen molar-refractivity contribution in [1.29, 1.82) is 0 Å². The van der Waals surface area contributed by atoms with Gasteiger partial charge < -0.3 is 15.4 Å². The molecule has 2 N–H and O–H groups in total. The van der Waals surface area contributed by atoms with Gasteiger partial charge in [-0.3, -0.25) is 4.79 Å². The first-order valence-electron chi connectivity index (χ1n) is 9.46. The Morgan fingerprint density at radius 1 is 1.04 bits per heavy atom. The van der Waals surface area contributed by atoms with Crippen LogP contribution in [0.25, 0.3) is 0 Å². The van der Waals surface area contributed by atoms with E-state index in [4.69, 9.17) is 4.74 Å². The minimum atomic E-state index is -0.645. The van der Waals surface area contributed by atoms with Crippen molar-refractivity contribution in [3.05, 3.63) is 65.7 Å². The number of amides is 1. The molecule has 5 heteroatoms. The molecule has 3 rings (SSSR count). The number of hydrogen-bond donors (Lipinski definition) is 2. The fraction of sp³-hybridized carbons (Fsp3) is 0.409. The summed E-state index contributed by atoms with van der Waals surface area (Å²) in [6.45, 7) is 6.19. The second-order valence-corrected chi connectivity index (χ2v) is 7.17. The van der Waals surface area contributed by atoms with Crippen molar-refractivity contribution in [2.24, 2.45) is 0 Å². The van der Waals surface area contributed by atoms with Gasteiger partial charge in [0.25, 0.3) is 5.91 Å². The Bertz CT molecular complexity index is 715. The lowest BCUT2D eigenvalue weighted by molar-refractivity contribution is -0.129. The van der Waals surface area contributed by atoms with Crippen LogP contribution in [0.15, 0.2) is 54.6 Å². The van der Waals surface area contributed by atoms with Gasteiger partial charge in [0, 0.05) is 11.6 Å². The van der Waals surface area contributed by atoms with Gasteiger partial charge in [-0.25, -0.2) is 0 Å². The van der Waals surface area contributed by atoms with Crippen LogP contribution in [0.4, 0.5) is 0 Å². The monoisotopic (exact) mass is 388 g/mol. The molecular formula is C22H29ClN2O2. The topological polar surface area (TPSA) is 50.4 Å². The smallest absolute Gasteiger partial charge is 0.266 e. The molecule has 146 valence electrons. The first kappa shape index (κ1) is 21.3. The zero-order chi connectivity index (χ0) is 18.4. The van der Waals surface area contributed by atoms with E-state index in [1.807, 2.05) is 48.5 Å². The molecule has 27 heavy (non-hydrogen) atoms. The Balaban J connectivity index is 0.00000261. The van der Waals surface area contributed by atoms with Crippen LogP contribution >= 0.6 is 12.4 Å². The number of hydrogen-bond acceptors (Lipinski definition) is 3. The zero-order valence-corrected chi connectivity index (χ0v) is 16.8. The lowest BCUT2D eigenvalue weighted by Crippen LogP contribution is -2.45. The van der Waals surface area contributed by atoms with Crippen molar-refractivity contribution in [3.8, 4) is 5.75 Å². The van der Waals surface area contributed by atoms with E-state index in [-0.39, 0.29) is 24.4 Å². The third-order valence-corrected chi connectivity index (χ3v) is 4.80. The van der Waals surface area contributed by atoms with Gasteiger partial charge in [-0.2, -0.15) is 0 Å². The normalized spacial score (nSPS) is 15.7. The van der Waals surface area contributed by atoms with Crippen molar-refractivity contribution in [2.75, 3.05) is 13.1 Å². The van der Waals surface area contributed by atoms with E-state index in [0.29, 0.717) is 5.92 Å². The minimum absolute atomic E-state index is 0. The summed E-state index contributed by atoms with van der Waals surface area (Å²) in [5.41, 5.74) is 2.07. The highest BCUT2D eigenvalue weighted by molar-refractivity contribution is 5.85. The van der Waals surface area contributed by atoms with Gasteiger partial charge in [-0.05, 0) is 49.5 Å². The lowest BCUT2D eigenvalue weighted by Gasteiger charge is -2.26. The summed E-state index contributed by atoms with van der Waals surface area (Å²) >= 11 is 0. The summed E-state index contributed by atoms with van der Waals surface area (Å²) in [7, 11) is 0. The summed E-state index contributed by atoms with van der Waals surface area (Å²) in [5.74, 6) is 1.07. The molecule has 1 aliphatic heterocycles. The van der Waals surface area contributed by atoms with Gasteiger partial charge in [0.05, 0.1) is 0 Å². The molecular weight excluding hydrogens is 360 g/mol. The molecule has 1 atom stereocenters. The number of benzene rings is 2. The van der Waals surface area contributed by atoms with E-state index in [1.165, 1.54) is 5.56 Å². The standard InChI is InChI=1S/C22H28N2O2.ClH/c1-16(2)18-9-6-10-20(15-18)26-21(17-7-4-3-5-8-17)22(25)24-19-11-13-23-14-12-19;/h3-10,15-16,19,21,23H,11-14H2,1-2H3,(H,24,25);1H. The molecule has 1 heterocycles. The number of rotatable bonds is 6. The van der Waals surface area contributed by atoms with E-state index in [1.54, 1.807) is 0 Å². The molecule has 0 spiro atoms. The Labute approximate surface area is 168 Å². The van der Waals surface area contributed by atoms with Crippen LogP contribution in [0, 0.1) is 0 Å². The van der Waals surface area contributed by atoms with E-state index in [0.717, 1.165) is 37.2 Å². The highest BCUT2D eigenvalue weighted by Crippen LogP contribution is 2.26. The summed E-state index contributed by atoms with van der Waals surface area (Å²) in [5, 5.41) is 6.49. The predicted octanol–water partition coefficient (Wildman–Crippen LogP) is 4.22. The molecule has 0 bridgehead atoms. The molecule has 1 saturated heterocycles. The maximum absolute atomic E-state index is 13.0. The first-order valence-corrected chi connectivity index (χ1v) is 9.46. The molecule has 1 fully saturated rings. The highest BCUT2D eigenvalue weighted by Gasteiger charge is 2.26. The zero-order valence-electron chi connectivity index (χ0n) is 16.0. The molecule has 4 nitrogen and oxygen atoms in total. The van der Waals surface area contributed by atoms with Crippen LogP contribution in [0.1, 0.15) is 49.8 Å². The van der Waals surface area contributed by atoms with Crippen LogP contribution in [-0.2, 0) is 4.79 Å². The van der Waals surface area contributed by atoms with E-state index in [2.05, 4.69) is 30.5 Å². The van der Waals surface area contributed by atoms with Gasteiger partial charge in [0.2, 0.25) is 6.10 Å². The average Bonchev–Trinajstić information content (AvgIpc) is 2.67. The number of ether oxygens (including phenoxy) is 1. The minimum Gasteiger partial charge on any atom is -0.476 e. The van der Waals surface area contributed by atoms with E-state index < -0.39 is 6.10 Å². The maximum atomic E-state index is 13.0. The quantitative estimate of drug-likeness (QED) is 0.778. The fourth-order valence-corrected chi connectivity index (χ4v) is 3.23. The number of carbonyl (C=O) groups is 1. The molecule has 0 saturated carbocycles. The molecule has 1 aliphatic rings. The summed E-state index contributed by atoms with van der Waals surface area (Å²) in [4.78, 5) is 13.0. The summed E-state index contributed by atoms with van der Waals surface area (Å²) in [6.07, 6.45) is 1.26. The summed E-state index contributed by atoms with van der Waals surface area (Å²) in [6, 6.07) is 17.9. The van der Waals surface area contributed by atoms with Gasteiger partial charge in [0.15, 0.2) is 0 Å². The van der Waals surface area contributed by atoms with E-state index >= 15 is 0 Å². The van der Waals surface area contributed by atoms with Crippen molar-refractivity contribution in [2.45, 2.75) is 44.8 Å². The van der Waals surface area contributed by atoms with Crippen molar-refractivity contribution < 1.29 is 9.53 Å². The Morgan fingerprint density at radius 2 is 1.70 bits per heavy atom. The molecule has 1 unspecified atom stereocenters. The van der Waals surface area contributed by atoms with Gasteiger partial charge in [-0.1, -0.05) is 56.3 Å². The second-order valence-electron chi connectivity index (χ2n) is 7.17. The molecule has 0 aliphatic carbocycles. The highest BCUT2D eigenvalue weighted by atomic mass is 35.5. The molecule has 1 amide bonds. The van der Waals surface area contributed by atoms with E-state index in [9.17, 15) is 4.79 Å². The average molecular weight is 389 g/mol. The largest absolute Gasteiger partial charge is 0.476 e. The SMILES string of the molecule is CC(C)c1cccc(OC(C(=O)NC2CCNCC2)c2ccccc2)c1.Cl. The molecule has 2 aromatic rings. The molecule has 0 radical (unpaired) electrons. The number of piperidine rings is 1. The van der Waals surface area contributed by atoms with Crippen LogP contribution in [0.5, 0.6) is 5.75 Å². The number of halogens is 1. The van der Waals surface area contributed by atoms with Crippen molar-refractivity contribution in [3.63, 3.8) is 0 Å². The third kappa shape index (κ3) is 5.98. The Morgan fingerprint density at radius 3 is 2.37 bits per heavy atom. The van der Waals surface area contributed by atoms with Crippen LogP contribution in [0.2, 0.25) is 0 Å². The fourth-order valence-electron chi connectivity index (χ4n) is 3.23. The second kappa shape index (κ2) is 10.3.